The summed E-state index contributed by atoms with van der Waals surface area (Å²) in [6.45, 7) is 6.83. The van der Waals surface area contributed by atoms with Crippen LogP contribution in [0.1, 0.15) is 11.1 Å². The molecule has 7 nitrogen and oxygen atoms in total. The van der Waals surface area contributed by atoms with E-state index >= 15 is 0 Å². The maximum Gasteiger partial charge on any atom is 0.318 e. The topological polar surface area (TPSA) is 76.7 Å². The maximum absolute atomic E-state index is 12.3. The van der Waals surface area contributed by atoms with Crippen LogP contribution in [0, 0.1) is 0 Å². The molecule has 1 saturated heterocycles. The summed E-state index contributed by atoms with van der Waals surface area (Å²) in [6.07, 6.45) is 0.862. The van der Waals surface area contributed by atoms with Crippen LogP contribution < -0.4 is 16.0 Å². The van der Waals surface area contributed by atoms with Crippen molar-refractivity contribution in [3.8, 4) is 0 Å². The molecule has 0 aliphatic carbocycles. The lowest BCUT2D eigenvalue weighted by atomic mass is 10.0. The highest BCUT2D eigenvalue weighted by atomic mass is 35.5. The average molecular weight is 382 g/mol. The lowest BCUT2D eigenvalue weighted by molar-refractivity contribution is -0.120. The van der Waals surface area contributed by atoms with E-state index in [1.165, 1.54) is 11.1 Å². The first-order valence-corrected chi connectivity index (χ1v) is 9.02. The van der Waals surface area contributed by atoms with E-state index in [9.17, 15) is 9.59 Å². The van der Waals surface area contributed by atoms with Crippen molar-refractivity contribution in [3.05, 3.63) is 35.4 Å². The number of fused-ring (bicyclic) bond motifs is 1. The molecule has 2 aliphatic heterocycles. The number of benzene rings is 1. The van der Waals surface area contributed by atoms with Gasteiger partial charge in [-0.1, -0.05) is 24.3 Å². The second kappa shape index (κ2) is 10.4. The van der Waals surface area contributed by atoms with Crippen molar-refractivity contribution in [2.75, 3.05) is 52.4 Å². The van der Waals surface area contributed by atoms with Gasteiger partial charge in [0.05, 0.1) is 6.54 Å². The van der Waals surface area contributed by atoms with Crippen molar-refractivity contribution < 1.29 is 9.59 Å². The van der Waals surface area contributed by atoms with Gasteiger partial charge in [0.2, 0.25) is 5.91 Å². The van der Waals surface area contributed by atoms with Gasteiger partial charge in [0.15, 0.2) is 0 Å². The summed E-state index contributed by atoms with van der Waals surface area (Å²) in [5.74, 6) is -0.138. The van der Waals surface area contributed by atoms with Crippen LogP contribution in [0.25, 0.3) is 0 Å². The molecule has 0 unspecified atom stereocenters. The fourth-order valence-corrected chi connectivity index (χ4v) is 3.29. The SMILES string of the molecule is Cl.O=C(CNC(=O)N1CCc2ccccc2C1)NCCN1CCNCC1. The minimum atomic E-state index is -0.174. The van der Waals surface area contributed by atoms with Crippen LogP contribution in [0.2, 0.25) is 0 Å². The Bertz CT molecular complexity index is 607. The minimum Gasteiger partial charge on any atom is -0.353 e. The van der Waals surface area contributed by atoms with E-state index in [-0.39, 0.29) is 30.9 Å². The van der Waals surface area contributed by atoms with Gasteiger partial charge in [-0.05, 0) is 17.5 Å². The largest absolute Gasteiger partial charge is 0.353 e. The van der Waals surface area contributed by atoms with Gasteiger partial charge in [-0.15, -0.1) is 12.4 Å². The van der Waals surface area contributed by atoms with Gasteiger partial charge < -0.3 is 20.9 Å². The van der Waals surface area contributed by atoms with Gasteiger partial charge in [-0.2, -0.15) is 0 Å². The number of urea groups is 1. The minimum absolute atomic E-state index is 0. The predicted molar refractivity (Wildman–Crippen MR) is 104 cm³/mol. The molecule has 2 heterocycles. The monoisotopic (exact) mass is 381 g/mol. The molecule has 0 bridgehead atoms. The summed E-state index contributed by atoms with van der Waals surface area (Å²) in [5, 5.41) is 8.90. The molecule has 144 valence electrons. The van der Waals surface area contributed by atoms with Crippen LogP contribution in [0.3, 0.4) is 0 Å². The Hall–Kier alpha value is -1.83. The van der Waals surface area contributed by atoms with E-state index in [1.807, 2.05) is 12.1 Å². The number of nitrogens with one attached hydrogen (secondary N) is 3. The molecule has 0 radical (unpaired) electrons. The average Bonchev–Trinajstić information content (AvgIpc) is 2.66. The van der Waals surface area contributed by atoms with E-state index in [4.69, 9.17) is 0 Å². The highest BCUT2D eigenvalue weighted by molar-refractivity contribution is 5.85. The van der Waals surface area contributed by atoms with Crippen LogP contribution in [-0.4, -0.2) is 74.1 Å². The molecule has 8 heteroatoms. The first-order chi connectivity index (χ1) is 12.2. The van der Waals surface area contributed by atoms with Crippen molar-refractivity contribution in [3.63, 3.8) is 0 Å². The summed E-state index contributed by atoms with van der Waals surface area (Å²) < 4.78 is 0. The summed E-state index contributed by atoms with van der Waals surface area (Å²) in [7, 11) is 0. The number of carbonyl (C=O) groups excluding carboxylic acids is 2. The van der Waals surface area contributed by atoms with Gasteiger partial charge >= 0.3 is 6.03 Å². The third-order valence-corrected chi connectivity index (χ3v) is 4.78. The molecule has 0 saturated carbocycles. The second-order valence-electron chi connectivity index (χ2n) is 6.54. The molecule has 2 aliphatic rings. The standard InChI is InChI=1S/C18H27N5O2.ClH/c24-17(20-8-12-22-10-6-19-7-11-22)13-21-18(25)23-9-5-15-3-1-2-4-16(15)14-23;/h1-4,19H,5-14H2,(H,20,24)(H,21,25);1H. The zero-order valence-electron chi connectivity index (χ0n) is 15.0. The first-order valence-electron chi connectivity index (χ1n) is 9.02. The Kier molecular flexibility index (Phi) is 8.15. The molecular formula is C18H28ClN5O2. The summed E-state index contributed by atoms with van der Waals surface area (Å²) >= 11 is 0. The summed E-state index contributed by atoms with van der Waals surface area (Å²) in [6, 6.07) is 8.01. The highest BCUT2D eigenvalue weighted by Gasteiger charge is 2.20. The van der Waals surface area contributed by atoms with Gasteiger partial charge in [0.1, 0.15) is 0 Å². The van der Waals surface area contributed by atoms with Crippen LogP contribution in [0.5, 0.6) is 0 Å². The quantitative estimate of drug-likeness (QED) is 0.681. The molecule has 26 heavy (non-hydrogen) atoms. The smallest absolute Gasteiger partial charge is 0.318 e. The number of hydrogen-bond acceptors (Lipinski definition) is 4. The zero-order valence-corrected chi connectivity index (χ0v) is 15.8. The zero-order chi connectivity index (χ0) is 17.5. The predicted octanol–water partition coefficient (Wildman–Crippen LogP) is 0.198. The number of nitrogens with zero attached hydrogens (tertiary/aromatic N) is 2. The summed E-state index contributed by atoms with van der Waals surface area (Å²) in [5.41, 5.74) is 2.49. The molecule has 0 aromatic heterocycles. The molecule has 1 aromatic carbocycles. The molecular weight excluding hydrogens is 354 g/mol. The Labute approximate surface area is 160 Å². The van der Waals surface area contributed by atoms with Gasteiger partial charge in [0, 0.05) is 52.4 Å². The second-order valence-corrected chi connectivity index (χ2v) is 6.54. The van der Waals surface area contributed by atoms with Crippen LogP contribution in [0.15, 0.2) is 24.3 Å². The highest BCUT2D eigenvalue weighted by Crippen LogP contribution is 2.18. The molecule has 0 spiro atoms. The van der Waals surface area contributed by atoms with Gasteiger partial charge in [-0.3, -0.25) is 9.69 Å². The fourth-order valence-electron chi connectivity index (χ4n) is 3.29. The number of carbonyl (C=O) groups is 2. The number of piperazine rings is 1. The Morgan fingerprint density at radius 3 is 2.54 bits per heavy atom. The number of amides is 3. The van der Waals surface area contributed by atoms with Gasteiger partial charge in [-0.25, -0.2) is 4.79 Å². The van der Waals surface area contributed by atoms with E-state index < -0.39 is 0 Å². The number of halogens is 1. The molecule has 1 aromatic rings. The third-order valence-electron chi connectivity index (χ3n) is 4.78. The van der Waals surface area contributed by atoms with Crippen LogP contribution >= 0.6 is 12.4 Å². The Morgan fingerprint density at radius 1 is 1.04 bits per heavy atom. The van der Waals surface area contributed by atoms with E-state index in [1.54, 1.807) is 4.90 Å². The third kappa shape index (κ3) is 5.86. The van der Waals surface area contributed by atoms with Crippen molar-refractivity contribution in [1.29, 1.82) is 0 Å². The normalized spacial score (nSPS) is 17.0. The molecule has 3 amide bonds. The molecule has 3 N–H and O–H groups in total. The van der Waals surface area contributed by atoms with E-state index in [0.717, 1.165) is 39.1 Å². The van der Waals surface area contributed by atoms with Crippen LogP contribution in [-0.2, 0) is 17.8 Å². The van der Waals surface area contributed by atoms with E-state index in [2.05, 4.69) is 33.0 Å². The maximum atomic E-state index is 12.3. The number of hydrogen-bond donors (Lipinski definition) is 3. The van der Waals surface area contributed by atoms with Crippen LogP contribution in [0.4, 0.5) is 4.79 Å². The fraction of sp³-hybridized carbons (Fsp3) is 0.556. The first kappa shape index (κ1) is 20.5. The Balaban J connectivity index is 0.00000243. The molecule has 1 fully saturated rings. The number of rotatable bonds is 5. The van der Waals surface area contributed by atoms with Crippen molar-refractivity contribution >= 4 is 24.3 Å². The summed E-state index contributed by atoms with van der Waals surface area (Å²) in [4.78, 5) is 28.2. The van der Waals surface area contributed by atoms with Crippen molar-refractivity contribution in [2.45, 2.75) is 13.0 Å². The van der Waals surface area contributed by atoms with E-state index in [0.29, 0.717) is 19.6 Å². The molecule has 3 rings (SSSR count). The van der Waals surface area contributed by atoms with Gasteiger partial charge in [0.25, 0.3) is 0 Å². The van der Waals surface area contributed by atoms with Crippen molar-refractivity contribution in [2.24, 2.45) is 0 Å². The Morgan fingerprint density at radius 2 is 1.77 bits per heavy atom. The molecule has 0 atom stereocenters. The lowest BCUT2D eigenvalue weighted by Crippen LogP contribution is -2.48. The lowest BCUT2D eigenvalue weighted by Gasteiger charge is -2.29. The van der Waals surface area contributed by atoms with Crippen molar-refractivity contribution in [1.82, 2.24) is 25.8 Å².